The zero-order valence-corrected chi connectivity index (χ0v) is 15.0. The Morgan fingerprint density at radius 2 is 1.89 bits per heavy atom. The van der Waals surface area contributed by atoms with Crippen LogP contribution in [0.2, 0.25) is 0 Å². The Morgan fingerprint density at radius 3 is 2.70 bits per heavy atom. The van der Waals surface area contributed by atoms with Crippen LogP contribution in [0.5, 0.6) is 0 Å². The molecule has 2 aromatic carbocycles. The molecule has 0 spiro atoms. The second-order valence-corrected chi connectivity index (χ2v) is 6.65. The van der Waals surface area contributed by atoms with Crippen molar-refractivity contribution in [1.29, 1.82) is 0 Å². The molecule has 27 heavy (non-hydrogen) atoms. The van der Waals surface area contributed by atoms with Crippen LogP contribution < -0.4 is 10.2 Å². The monoisotopic (exact) mass is 360 g/mol. The number of aryl methyl sites for hydroxylation is 1. The molecule has 4 rings (SSSR count). The van der Waals surface area contributed by atoms with Gasteiger partial charge in [-0.15, -0.1) is 0 Å². The number of rotatable bonds is 4. The number of aromatic carboxylic acids is 1. The number of hydrogen-bond acceptors (Lipinski definition) is 5. The summed E-state index contributed by atoms with van der Waals surface area (Å²) < 4.78 is 0. The number of fused-ring (bicyclic) bond motifs is 1. The summed E-state index contributed by atoms with van der Waals surface area (Å²) in [5.74, 6) is 0.380. The van der Waals surface area contributed by atoms with E-state index >= 15 is 0 Å². The van der Waals surface area contributed by atoms with E-state index in [-0.39, 0.29) is 5.56 Å². The average Bonchev–Trinajstić information content (AvgIpc) is 2.67. The molecule has 0 bridgehead atoms. The summed E-state index contributed by atoms with van der Waals surface area (Å²) in [6.07, 6.45) is 0.969. The molecule has 3 aromatic rings. The molecule has 0 unspecified atom stereocenters. The molecular weight excluding hydrogens is 340 g/mol. The third-order valence-corrected chi connectivity index (χ3v) is 4.64. The van der Waals surface area contributed by atoms with Crippen LogP contribution in [0.1, 0.15) is 27.2 Å². The molecule has 2 heterocycles. The van der Waals surface area contributed by atoms with Gasteiger partial charge in [0.2, 0.25) is 5.95 Å². The molecule has 0 fully saturated rings. The first-order valence-electron chi connectivity index (χ1n) is 8.86. The minimum absolute atomic E-state index is 0.235. The van der Waals surface area contributed by atoms with Crippen LogP contribution in [0.4, 0.5) is 17.5 Å². The molecule has 1 aromatic heterocycles. The van der Waals surface area contributed by atoms with E-state index in [1.54, 1.807) is 18.2 Å². The van der Waals surface area contributed by atoms with Crippen molar-refractivity contribution >= 4 is 23.4 Å². The van der Waals surface area contributed by atoms with Gasteiger partial charge in [0.15, 0.2) is 0 Å². The molecule has 1 aliphatic heterocycles. The van der Waals surface area contributed by atoms with Gasteiger partial charge in [0.05, 0.1) is 5.56 Å². The van der Waals surface area contributed by atoms with Crippen LogP contribution in [0.15, 0.2) is 54.6 Å². The lowest BCUT2D eigenvalue weighted by atomic mass is 10.0. The molecule has 136 valence electrons. The van der Waals surface area contributed by atoms with Gasteiger partial charge >= 0.3 is 5.97 Å². The summed E-state index contributed by atoms with van der Waals surface area (Å²) in [6, 6.07) is 17.0. The summed E-state index contributed by atoms with van der Waals surface area (Å²) in [5.41, 5.74) is 4.46. The molecule has 2 N–H and O–H groups in total. The van der Waals surface area contributed by atoms with Gasteiger partial charge in [-0.3, -0.25) is 0 Å². The lowest BCUT2D eigenvalue weighted by Gasteiger charge is -2.29. The predicted octanol–water partition coefficient (Wildman–Crippen LogP) is 3.79. The highest BCUT2D eigenvalue weighted by Crippen LogP contribution is 2.24. The quantitative estimate of drug-likeness (QED) is 0.737. The summed E-state index contributed by atoms with van der Waals surface area (Å²) >= 11 is 0. The van der Waals surface area contributed by atoms with Crippen LogP contribution >= 0.6 is 0 Å². The summed E-state index contributed by atoms with van der Waals surface area (Å²) in [7, 11) is 0. The third-order valence-electron chi connectivity index (χ3n) is 4.64. The van der Waals surface area contributed by atoms with Gasteiger partial charge < -0.3 is 15.3 Å². The Labute approximate surface area is 157 Å². The van der Waals surface area contributed by atoms with E-state index in [1.165, 1.54) is 11.1 Å². The zero-order chi connectivity index (χ0) is 18.8. The summed E-state index contributed by atoms with van der Waals surface area (Å²) in [6.45, 7) is 3.59. The van der Waals surface area contributed by atoms with Gasteiger partial charge in [0, 0.05) is 30.5 Å². The topological polar surface area (TPSA) is 78.3 Å². The van der Waals surface area contributed by atoms with Crippen molar-refractivity contribution in [2.45, 2.75) is 19.9 Å². The van der Waals surface area contributed by atoms with E-state index in [0.29, 0.717) is 17.5 Å². The van der Waals surface area contributed by atoms with Crippen LogP contribution in [-0.2, 0) is 13.0 Å². The first-order valence-corrected chi connectivity index (χ1v) is 8.86. The standard InChI is InChI=1S/C21H20N4O2/c1-14-11-19(23-18-8-4-7-16(12-18)20(26)27)24-21(22-14)25-10-9-15-5-2-3-6-17(15)13-25/h2-8,11-12H,9-10,13H2,1H3,(H,26,27)(H,22,23,24). The van der Waals surface area contributed by atoms with Crippen molar-refractivity contribution in [3.63, 3.8) is 0 Å². The van der Waals surface area contributed by atoms with E-state index < -0.39 is 5.97 Å². The van der Waals surface area contributed by atoms with Gasteiger partial charge in [0.1, 0.15) is 5.82 Å². The van der Waals surface area contributed by atoms with Crippen LogP contribution in [0, 0.1) is 6.92 Å². The van der Waals surface area contributed by atoms with E-state index in [9.17, 15) is 4.79 Å². The van der Waals surface area contributed by atoms with Gasteiger partial charge in [-0.05, 0) is 42.7 Å². The first-order chi connectivity index (χ1) is 13.1. The minimum Gasteiger partial charge on any atom is -0.478 e. The predicted molar refractivity (Wildman–Crippen MR) is 105 cm³/mol. The Bertz CT molecular complexity index is 1000. The molecule has 0 aliphatic carbocycles. The van der Waals surface area contributed by atoms with Crippen LogP contribution in [0.3, 0.4) is 0 Å². The summed E-state index contributed by atoms with van der Waals surface area (Å²) in [4.78, 5) is 22.6. The molecule has 0 amide bonds. The first kappa shape index (κ1) is 17.0. The number of carboxylic acid groups (broad SMARTS) is 1. The van der Waals surface area contributed by atoms with Crippen molar-refractivity contribution in [3.05, 3.63) is 77.0 Å². The molecule has 0 saturated heterocycles. The number of anilines is 3. The zero-order valence-electron chi connectivity index (χ0n) is 15.0. The van der Waals surface area contributed by atoms with Crippen molar-refractivity contribution in [2.75, 3.05) is 16.8 Å². The average molecular weight is 360 g/mol. The fourth-order valence-electron chi connectivity index (χ4n) is 3.30. The SMILES string of the molecule is Cc1cc(Nc2cccc(C(=O)O)c2)nc(N2CCc3ccccc3C2)n1. The van der Waals surface area contributed by atoms with Crippen molar-refractivity contribution in [1.82, 2.24) is 9.97 Å². The number of hydrogen-bond donors (Lipinski definition) is 2. The molecule has 0 atom stereocenters. The number of aromatic nitrogens is 2. The van der Waals surface area contributed by atoms with Crippen molar-refractivity contribution in [3.8, 4) is 0 Å². The van der Waals surface area contributed by atoms with E-state index in [4.69, 9.17) is 5.11 Å². The van der Waals surface area contributed by atoms with Gasteiger partial charge in [0.25, 0.3) is 0 Å². The Morgan fingerprint density at radius 1 is 1.07 bits per heavy atom. The number of benzene rings is 2. The third kappa shape index (κ3) is 3.74. The smallest absolute Gasteiger partial charge is 0.335 e. The van der Waals surface area contributed by atoms with E-state index in [0.717, 1.165) is 25.2 Å². The number of carboxylic acids is 1. The fourth-order valence-corrected chi connectivity index (χ4v) is 3.30. The van der Waals surface area contributed by atoms with E-state index in [1.807, 2.05) is 19.1 Å². The van der Waals surface area contributed by atoms with Gasteiger partial charge in [-0.1, -0.05) is 30.3 Å². The highest BCUT2D eigenvalue weighted by molar-refractivity contribution is 5.89. The van der Waals surface area contributed by atoms with Crippen molar-refractivity contribution < 1.29 is 9.90 Å². The largest absolute Gasteiger partial charge is 0.478 e. The summed E-state index contributed by atoms with van der Waals surface area (Å²) in [5, 5.41) is 12.4. The van der Waals surface area contributed by atoms with Gasteiger partial charge in [-0.25, -0.2) is 9.78 Å². The fraction of sp³-hybridized carbons (Fsp3) is 0.190. The maximum absolute atomic E-state index is 11.2. The van der Waals surface area contributed by atoms with Gasteiger partial charge in [-0.2, -0.15) is 4.98 Å². The van der Waals surface area contributed by atoms with E-state index in [2.05, 4.69) is 44.5 Å². The maximum Gasteiger partial charge on any atom is 0.335 e. The normalized spacial score (nSPS) is 13.1. The minimum atomic E-state index is -0.954. The number of nitrogens with zero attached hydrogens (tertiary/aromatic N) is 3. The Kier molecular flexibility index (Phi) is 4.46. The molecule has 0 saturated carbocycles. The Hall–Kier alpha value is -3.41. The maximum atomic E-state index is 11.2. The molecule has 0 radical (unpaired) electrons. The Balaban J connectivity index is 1.59. The van der Waals surface area contributed by atoms with Crippen LogP contribution in [0.25, 0.3) is 0 Å². The molecule has 6 heteroatoms. The molecular formula is C21H20N4O2. The number of nitrogens with one attached hydrogen (secondary N) is 1. The highest BCUT2D eigenvalue weighted by Gasteiger charge is 2.19. The number of carbonyl (C=O) groups is 1. The second-order valence-electron chi connectivity index (χ2n) is 6.65. The molecule has 1 aliphatic rings. The highest BCUT2D eigenvalue weighted by atomic mass is 16.4. The lowest BCUT2D eigenvalue weighted by molar-refractivity contribution is 0.0697. The molecule has 6 nitrogen and oxygen atoms in total. The van der Waals surface area contributed by atoms with Crippen LogP contribution in [-0.4, -0.2) is 27.6 Å². The second kappa shape index (κ2) is 7.07. The van der Waals surface area contributed by atoms with Crippen molar-refractivity contribution in [2.24, 2.45) is 0 Å². The lowest BCUT2D eigenvalue weighted by Crippen LogP contribution is -2.32.